The van der Waals surface area contributed by atoms with E-state index in [9.17, 15) is 14.4 Å². The summed E-state index contributed by atoms with van der Waals surface area (Å²) in [5.41, 5.74) is 4.38. The molecule has 3 aromatic carbocycles. The van der Waals surface area contributed by atoms with Crippen LogP contribution in [-0.4, -0.2) is 42.8 Å². The lowest BCUT2D eigenvalue weighted by atomic mass is 10.1. The van der Waals surface area contributed by atoms with Gasteiger partial charge in [0.2, 0.25) is 0 Å². The molecule has 10 heteroatoms. The summed E-state index contributed by atoms with van der Waals surface area (Å²) >= 11 is 12.1. The van der Waals surface area contributed by atoms with E-state index in [0.29, 0.717) is 21.9 Å². The number of carbonyl (C=O) groups excluding carboxylic acids is 3. The van der Waals surface area contributed by atoms with Gasteiger partial charge < -0.3 is 14.8 Å². The maximum Gasteiger partial charge on any atom is 0.338 e. The molecule has 2 N–H and O–H groups in total. The number of hydrogen-bond donors (Lipinski definition) is 2. The second kappa shape index (κ2) is 14.2. The third kappa shape index (κ3) is 8.61. The number of benzene rings is 3. The molecular weight excluding hydrogens is 529 g/mol. The van der Waals surface area contributed by atoms with E-state index in [-0.39, 0.29) is 18.1 Å². The molecule has 3 rings (SSSR count). The monoisotopic (exact) mass is 555 g/mol. The lowest BCUT2D eigenvalue weighted by Crippen LogP contribution is -2.50. The Bertz CT molecular complexity index is 1280. The Labute approximate surface area is 230 Å². The number of carbonyl (C=O) groups is 3. The number of esters is 1. The summed E-state index contributed by atoms with van der Waals surface area (Å²) in [5.74, 6) is -1.15. The zero-order valence-corrected chi connectivity index (χ0v) is 22.3. The average molecular weight is 556 g/mol. The van der Waals surface area contributed by atoms with Crippen molar-refractivity contribution in [2.24, 2.45) is 5.10 Å². The first-order valence-electron chi connectivity index (χ1n) is 11.8. The molecule has 0 spiro atoms. The van der Waals surface area contributed by atoms with Crippen LogP contribution >= 0.6 is 23.2 Å². The molecule has 0 heterocycles. The Morgan fingerprint density at radius 2 is 1.68 bits per heavy atom. The Balaban J connectivity index is 1.66. The van der Waals surface area contributed by atoms with Crippen LogP contribution in [0.1, 0.15) is 35.3 Å². The van der Waals surface area contributed by atoms with Crippen LogP contribution in [0.15, 0.2) is 77.9 Å². The minimum atomic E-state index is -0.943. The number of hydrazone groups is 1. The van der Waals surface area contributed by atoms with Gasteiger partial charge in [0.05, 0.1) is 23.4 Å². The number of nitrogens with zero attached hydrogens (tertiary/aromatic N) is 1. The Hall–Kier alpha value is -3.88. The smallest absolute Gasteiger partial charge is 0.338 e. The third-order valence-electron chi connectivity index (χ3n) is 5.29. The van der Waals surface area contributed by atoms with Crippen LogP contribution < -0.4 is 15.5 Å². The molecular formula is C28H27Cl2N3O5. The van der Waals surface area contributed by atoms with Crippen molar-refractivity contribution in [3.63, 3.8) is 0 Å². The predicted octanol–water partition coefficient (Wildman–Crippen LogP) is 4.82. The Morgan fingerprint density at radius 1 is 0.974 bits per heavy atom. The minimum Gasteiger partial charge on any atom is -0.479 e. The van der Waals surface area contributed by atoms with Crippen molar-refractivity contribution in [1.82, 2.24) is 10.7 Å². The van der Waals surface area contributed by atoms with E-state index < -0.39 is 29.9 Å². The number of nitrogens with one attached hydrogen (secondary N) is 2. The maximum absolute atomic E-state index is 13.0. The molecule has 0 saturated carbocycles. The molecule has 38 heavy (non-hydrogen) atoms. The highest BCUT2D eigenvalue weighted by Gasteiger charge is 2.25. The Morgan fingerprint density at radius 3 is 2.34 bits per heavy atom. The van der Waals surface area contributed by atoms with E-state index >= 15 is 0 Å². The van der Waals surface area contributed by atoms with Gasteiger partial charge in [0.1, 0.15) is 11.8 Å². The van der Waals surface area contributed by atoms with E-state index in [1.165, 1.54) is 12.3 Å². The first-order valence-corrected chi connectivity index (χ1v) is 12.6. The van der Waals surface area contributed by atoms with Crippen LogP contribution in [0.4, 0.5) is 0 Å². The van der Waals surface area contributed by atoms with Gasteiger partial charge in [-0.05, 0) is 55.3 Å². The highest BCUT2D eigenvalue weighted by atomic mass is 35.5. The predicted molar refractivity (Wildman–Crippen MR) is 147 cm³/mol. The number of amides is 2. The summed E-state index contributed by atoms with van der Waals surface area (Å²) in [6.07, 6.45) is 0.722. The van der Waals surface area contributed by atoms with Crippen molar-refractivity contribution in [1.29, 1.82) is 0 Å². The summed E-state index contributed by atoms with van der Waals surface area (Å²) in [7, 11) is 0. The first kappa shape index (κ1) is 28.7. The van der Waals surface area contributed by atoms with Crippen molar-refractivity contribution in [2.75, 3.05) is 6.61 Å². The van der Waals surface area contributed by atoms with Crippen LogP contribution in [0.2, 0.25) is 10.0 Å². The van der Waals surface area contributed by atoms with Gasteiger partial charge in [0.15, 0.2) is 6.10 Å². The van der Waals surface area contributed by atoms with Crippen LogP contribution in [0.3, 0.4) is 0 Å². The summed E-state index contributed by atoms with van der Waals surface area (Å²) in [5, 5.41) is 7.43. The number of rotatable bonds is 11. The molecule has 0 aliphatic carbocycles. The molecule has 2 amide bonds. The van der Waals surface area contributed by atoms with E-state index in [1.807, 2.05) is 30.3 Å². The van der Waals surface area contributed by atoms with Gasteiger partial charge in [-0.1, -0.05) is 65.7 Å². The molecule has 0 radical (unpaired) electrons. The van der Waals surface area contributed by atoms with Crippen LogP contribution in [-0.2, 0) is 20.7 Å². The van der Waals surface area contributed by atoms with Gasteiger partial charge in [-0.25, -0.2) is 10.2 Å². The summed E-state index contributed by atoms with van der Waals surface area (Å²) in [6.45, 7) is 3.57. The number of halogens is 2. The van der Waals surface area contributed by atoms with Crippen LogP contribution in [0.5, 0.6) is 5.75 Å². The van der Waals surface area contributed by atoms with Crippen molar-refractivity contribution in [3.05, 3.63) is 99.5 Å². The molecule has 0 unspecified atom stereocenters. The van der Waals surface area contributed by atoms with Crippen molar-refractivity contribution in [2.45, 2.75) is 32.4 Å². The molecule has 0 aromatic heterocycles. The molecule has 0 aliphatic rings. The van der Waals surface area contributed by atoms with Crippen LogP contribution in [0.25, 0.3) is 0 Å². The molecule has 0 fully saturated rings. The zero-order valence-electron chi connectivity index (χ0n) is 20.8. The average Bonchev–Trinajstić information content (AvgIpc) is 2.90. The summed E-state index contributed by atoms with van der Waals surface area (Å²) in [6, 6.07) is 19.6. The standard InChI is InChI=1S/C28H27Cl2N3O5/c1-3-37-28(36)21-11-9-20(10-12-21)17-31-33-27(35)24(15-19-7-5-4-6-8-19)32-26(34)18(2)38-25-14-13-22(29)16-23(25)30/h4-14,16-18,24H,3,15H2,1-2H3,(H,32,34)(H,33,35)/b31-17-/t18-,24+/m1/s1. The molecule has 3 aromatic rings. The van der Waals surface area contributed by atoms with Gasteiger partial charge in [0, 0.05) is 11.4 Å². The van der Waals surface area contributed by atoms with Crippen LogP contribution in [0, 0.1) is 0 Å². The normalized spacial score (nSPS) is 12.4. The molecule has 198 valence electrons. The first-order chi connectivity index (χ1) is 18.3. The zero-order chi connectivity index (χ0) is 27.5. The minimum absolute atomic E-state index is 0.233. The topological polar surface area (TPSA) is 106 Å². The quantitative estimate of drug-likeness (QED) is 0.200. The number of hydrogen-bond acceptors (Lipinski definition) is 6. The van der Waals surface area contributed by atoms with Gasteiger partial charge in [-0.15, -0.1) is 0 Å². The molecule has 0 aliphatic heterocycles. The highest BCUT2D eigenvalue weighted by Crippen LogP contribution is 2.28. The van der Waals surface area contributed by atoms with E-state index in [1.54, 1.807) is 50.2 Å². The fourth-order valence-electron chi connectivity index (χ4n) is 3.33. The molecule has 0 bridgehead atoms. The Kier molecular flexibility index (Phi) is 10.7. The number of ether oxygens (including phenoxy) is 2. The largest absolute Gasteiger partial charge is 0.479 e. The molecule has 2 atom stereocenters. The highest BCUT2D eigenvalue weighted by molar-refractivity contribution is 6.35. The summed E-state index contributed by atoms with van der Waals surface area (Å²) in [4.78, 5) is 37.7. The third-order valence-corrected chi connectivity index (χ3v) is 5.82. The summed E-state index contributed by atoms with van der Waals surface area (Å²) < 4.78 is 10.6. The van der Waals surface area contributed by atoms with Crippen molar-refractivity contribution >= 4 is 47.2 Å². The van der Waals surface area contributed by atoms with E-state index in [4.69, 9.17) is 32.7 Å². The van der Waals surface area contributed by atoms with Gasteiger partial charge >= 0.3 is 5.97 Å². The second-order valence-corrected chi connectivity index (χ2v) is 9.01. The fourth-order valence-corrected chi connectivity index (χ4v) is 3.78. The van der Waals surface area contributed by atoms with Crippen molar-refractivity contribution < 1.29 is 23.9 Å². The van der Waals surface area contributed by atoms with Gasteiger partial charge in [0.25, 0.3) is 11.8 Å². The SMILES string of the molecule is CCOC(=O)c1ccc(/C=N\NC(=O)[C@H](Cc2ccccc2)NC(=O)[C@@H](C)Oc2ccc(Cl)cc2Cl)cc1. The fraction of sp³-hybridized carbons (Fsp3) is 0.214. The molecule has 0 saturated heterocycles. The van der Waals surface area contributed by atoms with E-state index in [2.05, 4.69) is 15.8 Å². The van der Waals surface area contributed by atoms with Gasteiger partial charge in [-0.2, -0.15) is 5.10 Å². The lowest BCUT2D eigenvalue weighted by Gasteiger charge is -2.21. The second-order valence-electron chi connectivity index (χ2n) is 8.16. The molecule has 8 nitrogen and oxygen atoms in total. The van der Waals surface area contributed by atoms with Crippen molar-refractivity contribution in [3.8, 4) is 5.75 Å². The lowest BCUT2D eigenvalue weighted by molar-refractivity contribution is -0.132. The van der Waals surface area contributed by atoms with Gasteiger partial charge in [-0.3, -0.25) is 9.59 Å². The van der Waals surface area contributed by atoms with E-state index in [0.717, 1.165) is 5.56 Å². The maximum atomic E-state index is 13.0.